The lowest BCUT2D eigenvalue weighted by Crippen LogP contribution is -1.96. The summed E-state index contributed by atoms with van der Waals surface area (Å²) in [6, 6.07) is 0. The molecule has 13 heavy (non-hydrogen) atoms. The minimum Gasteiger partial charge on any atom is -0.339 e. The van der Waals surface area contributed by atoms with Gasteiger partial charge in [-0.25, -0.2) is 0 Å². The van der Waals surface area contributed by atoms with E-state index in [0.29, 0.717) is 11.8 Å². The number of ketones is 1. The molecule has 1 saturated carbocycles. The lowest BCUT2D eigenvalue weighted by atomic mass is 10.1. The number of Topliss-reactive ketones (excluding diaryl/α,β-unsaturated/α-hetero) is 1. The van der Waals surface area contributed by atoms with Gasteiger partial charge in [0.15, 0.2) is 0 Å². The lowest BCUT2D eigenvalue weighted by Gasteiger charge is -1.98. The minimum absolute atomic E-state index is 0.131. The van der Waals surface area contributed by atoms with E-state index in [9.17, 15) is 4.79 Å². The Morgan fingerprint density at radius 1 is 1.46 bits per heavy atom. The van der Waals surface area contributed by atoms with E-state index in [-0.39, 0.29) is 11.6 Å². The van der Waals surface area contributed by atoms with Gasteiger partial charge >= 0.3 is 0 Å². The maximum Gasteiger partial charge on any atom is 0.238 e. The van der Waals surface area contributed by atoms with E-state index in [1.165, 1.54) is 19.8 Å². The van der Waals surface area contributed by atoms with E-state index in [1.54, 1.807) is 0 Å². The van der Waals surface area contributed by atoms with Crippen molar-refractivity contribution in [2.24, 2.45) is 0 Å². The quantitative estimate of drug-likeness (QED) is 0.652. The Morgan fingerprint density at radius 3 is 2.69 bits per heavy atom. The van der Waals surface area contributed by atoms with E-state index in [4.69, 9.17) is 4.52 Å². The molecule has 0 unspecified atom stereocenters. The van der Waals surface area contributed by atoms with Crippen LogP contribution in [0.5, 0.6) is 0 Å². The van der Waals surface area contributed by atoms with E-state index in [0.717, 1.165) is 12.8 Å². The standard InChI is InChI=1S/C9H12N2O2/c1-6(12)8-10-9(13-11-8)7-4-2-3-5-7/h7H,2-5H2,1H3. The topological polar surface area (TPSA) is 56.0 Å². The maximum atomic E-state index is 10.9. The summed E-state index contributed by atoms with van der Waals surface area (Å²) in [7, 11) is 0. The van der Waals surface area contributed by atoms with Crippen LogP contribution >= 0.6 is 0 Å². The molecule has 4 nitrogen and oxygen atoms in total. The molecule has 0 amide bonds. The molecule has 0 bridgehead atoms. The van der Waals surface area contributed by atoms with Crippen LogP contribution in [0, 0.1) is 0 Å². The zero-order valence-electron chi connectivity index (χ0n) is 7.62. The van der Waals surface area contributed by atoms with Crippen molar-refractivity contribution >= 4 is 5.78 Å². The fraction of sp³-hybridized carbons (Fsp3) is 0.667. The third kappa shape index (κ3) is 1.61. The highest BCUT2D eigenvalue weighted by atomic mass is 16.5. The SMILES string of the molecule is CC(=O)c1noc(C2CCCC2)n1. The molecule has 1 aliphatic rings. The minimum atomic E-state index is -0.131. The van der Waals surface area contributed by atoms with E-state index in [2.05, 4.69) is 10.1 Å². The molecule has 0 radical (unpaired) electrons. The average Bonchev–Trinajstić information content (AvgIpc) is 2.75. The van der Waals surface area contributed by atoms with E-state index >= 15 is 0 Å². The van der Waals surface area contributed by atoms with Crippen molar-refractivity contribution in [1.82, 2.24) is 10.1 Å². The highest BCUT2D eigenvalue weighted by molar-refractivity contribution is 5.89. The maximum absolute atomic E-state index is 10.9. The molecular weight excluding hydrogens is 168 g/mol. The number of carbonyl (C=O) groups excluding carboxylic acids is 1. The Kier molecular flexibility index (Phi) is 2.12. The molecule has 1 aliphatic carbocycles. The lowest BCUT2D eigenvalue weighted by molar-refractivity contribution is 0.100. The Bertz CT molecular complexity index is 313. The van der Waals surface area contributed by atoms with Crippen LogP contribution in [0.3, 0.4) is 0 Å². The third-order valence-corrected chi connectivity index (χ3v) is 2.46. The predicted octanol–water partition coefficient (Wildman–Crippen LogP) is 1.93. The van der Waals surface area contributed by atoms with Crippen molar-refractivity contribution in [1.29, 1.82) is 0 Å². The van der Waals surface area contributed by atoms with Gasteiger partial charge in [-0.05, 0) is 12.8 Å². The molecule has 2 rings (SSSR count). The van der Waals surface area contributed by atoms with Gasteiger partial charge in [-0.3, -0.25) is 4.79 Å². The molecule has 0 aliphatic heterocycles. The van der Waals surface area contributed by atoms with Gasteiger partial charge in [0.25, 0.3) is 0 Å². The summed E-state index contributed by atoms with van der Waals surface area (Å²) in [5.74, 6) is 1.11. The highest BCUT2D eigenvalue weighted by Crippen LogP contribution is 2.32. The largest absolute Gasteiger partial charge is 0.339 e. The van der Waals surface area contributed by atoms with Gasteiger partial charge in [-0.2, -0.15) is 4.98 Å². The molecule has 70 valence electrons. The second-order valence-corrected chi connectivity index (χ2v) is 3.49. The molecule has 0 atom stereocenters. The number of rotatable bonds is 2. The fourth-order valence-electron chi connectivity index (χ4n) is 1.72. The first-order valence-electron chi connectivity index (χ1n) is 4.62. The predicted molar refractivity (Wildman–Crippen MR) is 45.5 cm³/mol. The number of hydrogen-bond acceptors (Lipinski definition) is 4. The monoisotopic (exact) mass is 180 g/mol. The van der Waals surface area contributed by atoms with Crippen LogP contribution in [0.15, 0.2) is 4.52 Å². The van der Waals surface area contributed by atoms with Gasteiger partial charge in [0.05, 0.1) is 0 Å². The summed E-state index contributed by atoms with van der Waals surface area (Å²) in [4.78, 5) is 15.0. The molecular formula is C9H12N2O2. The zero-order chi connectivity index (χ0) is 9.26. The van der Waals surface area contributed by atoms with E-state index < -0.39 is 0 Å². The fourth-order valence-corrected chi connectivity index (χ4v) is 1.72. The van der Waals surface area contributed by atoms with Crippen LogP contribution in [-0.2, 0) is 0 Å². The number of hydrogen-bond donors (Lipinski definition) is 0. The summed E-state index contributed by atoms with van der Waals surface area (Å²) >= 11 is 0. The summed E-state index contributed by atoms with van der Waals surface area (Å²) < 4.78 is 5.03. The smallest absolute Gasteiger partial charge is 0.238 e. The molecule has 0 N–H and O–H groups in total. The molecule has 1 aromatic rings. The second kappa shape index (κ2) is 3.28. The Morgan fingerprint density at radius 2 is 2.15 bits per heavy atom. The number of aromatic nitrogens is 2. The molecule has 1 aromatic heterocycles. The average molecular weight is 180 g/mol. The number of carbonyl (C=O) groups is 1. The molecule has 0 aromatic carbocycles. The van der Waals surface area contributed by atoms with Gasteiger partial charge in [0.2, 0.25) is 17.5 Å². The third-order valence-electron chi connectivity index (χ3n) is 2.46. The van der Waals surface area contributed by atoms with Gasteiger partial charge in [-0.1, -0.05) is 18.0 Å². The first-order chi connectivity index (χ1) is 6.27. The van der Waals surface area contributed by atoms with Crippen molar-refractivity contribution in [3.63, 3.8) is 0 Å². The van der Waals surface area contributed by atoms with Gasteiger partial charge in [0.1, 0.15) is 0 Å². The summed E-state index contributed by atoms with van der Waals surface area (Å²) in [5.41, 5.74) is 0. The normalized spacial score (nSPS) is 17.9. The molecule has 1 heterocycles. The Labute approximate surface area is 76.3 Å². The van der Waals surface area contributed by atoms with Crippen molar-refractivity contribution in [2.45, 2.75) is 38.5 Å². The summed E-state index contributed by atoms with van der Waals surface area (Å²) in [6.07, 6.45) is 4.67. The van der Waals surface area contributed by atoms with Crippen molar-refractivity contribution in [2.75, 3.05) is 0 Å². The van der Waals surface area contributed by atoms with Crippen LogP contribution < -0.4 is 0 Å². The van der Waals surface area contributed by atoms with Crippen molar-refractivity contribution < 1.29 is 9.32 Å². The van der Waals surface area contributed by atoms with Crippen LogP contribution in [0.25, 0.3) is 0 Å². The highest BCUT2D eigenvalue weighted by Gasteiger charge is 2.23. The van der Waals surface area contributed by atoms with Crippen LogP contribution in [0.1, 0.15) is 55.0 Å². The number of nitrogens with zero attached hydrogens (tertiary/aromatic N) is 2. The van der Waals surface area contributed by atoms with Crippen molar-refractivity contribution in [3.8, 4) is 0 Å². The van der Waals surface area contributed by atoms with Gasteiger partial charge in [-0.15, -0.1) is 0 Å². The van der Waals surface area contributed by atoms with Crippen LogP contribution in [0.2, 0.25) is 0 Å². The van der Waals surface area contributed by atoms with Crippen LogP contribution in [0.4, 0.5) is 0 Å². The Balaban J connectivity index is 2.16. The van der Waals surface area contributed by atoms with Gasteiger partial charge < -0.3 is 4.52 Å². The first-order valence-corrected chi connectivity index (χ1v) is 4.62. The molecule has 0 saturated heterocycles. The first kappa shape index (κ1) is 8.41. The molecule has 1 fully saturated rings. The Hall–Kier alpha value is -1.19. The zero-order valence-corrected chi connectivity index (χ0v) is 7.62. The second-order valence-electron chi connectivity index (χ2n) is 3.49. The van der Waals surface area contributed by atoms with Gasteiger partial charge in [0, 0.05) is 12.8 Å². The summed E-state index contributed by atoms with van der Waals surface area (Å²) in [6.45, 7) is 1.45. The molecule has 0 spiro atoms. The van der Waals surface area contributed by atoms with Crippen molar-refractivity contribution in [3.05, 3.63) is 11.7 Å². The summed E-state index contributed by atoms with van der Waals surface area (Å²) in [5, 5.41) is 3.62. The molecule has 4 heteroatoms. The van der Waals surface area contributed by atoms with E-state index in [1.807, 2.05) is 0 Å². The van der Waals surface area contributed by atoms with Crippen LogP contribution in [-0.4, -0.2) is 15.9 Å².